The number of carbonyl (C=O) groups is 1. The van der Waals surface area contributed by atoms with Gasteiger partial charge in [0.15, 0.2) is 0 Å². The van der Waals surface area contributed by atoms with E-state index in [1.165, 1.54) is 0 Å². The number of hydrogen-bond acceptors (Lipinski definition) is 3. The van der Waals surface area contributed by atoms with Crippen molar-refractivity contribution >= 4 is 5.91 Å². The van der Waals surface area contributed by atoms with Crippen LogP contribution in [0, 0.1) is 5.92 Å². The Morgan fingerprint density at radius 3 is 2.23 bits per heavy atom. The summed E-state index contributed by atoms with van der Waals surface area (Å²) in [7, 11) is 3.73. The highest BCUT2D eigenvalue weighted by Crippen LogP contribution is 1.89. The minimum absolute atomic E-state index is 0.0439. The van der Waals surface area contributed by atoms with Gasteiger partial charge >= 0.3 is 0 Å². The predicted octanol–water partition coefficient (Wildman–Crippen LogP) is 0.213. The molecular weight excluding hydrogens is 166 g/mol. The Balaban J connectivity index is 3.69. The van der Waals surface area contributed by atoms with Gasteiger partial charge in [-0.25, -0.2) is 10.4 Å². The summed E-state index contributed by atoms with van der Waals surface area (Å²) < 4.78 is 0. The van der Waals surface area contributed by atoms with E-state index < -0.39 is 0 Å². The van der Waals surface area contributed by atoms with Crippen LogP contribution >= 0.6 is 0 Å². The summed E-state index contributed by atoms with van der Waals surface area (Å²) in [5.74, 6) is 0.540. The first-order valence-corrected chi connectivity index (χ1v) is 4.64. The topological polar surface area (TPSA) is 44.4 Å². The van der Waals surface area contributed by atoms with Gasteiger partial charge in [0.1, 0.15) is 0 Å². The van der Waals surface area contributed by atoms with Crippen molar-refractivity contribution in [3.8, 4) is 0 Å². The number of hydrazine groups is 1. The molecule has 1 amide bonds. The van der Waals surface area contributed by atoms with Gasteiger partial charge in [0.2, 0.25) is 5.91 Å². The Morgan fingerprint density at radius 1 is 1.31 bits per heavy atom. The van der Waals surface area contributed by atoms with Crippen LogP contribution in [0.3, 0.4) is 0 Å². The van der Waals surface area contributed by atoms with E-state index in [0.29, 0.717) is 5.92 Å². The highest BCUT2D eigenvalue weighted by atomic mass is 16.2. The molecule has 2 N–H and O–H groups in total. The van der Waals surface area contributed by atoms with Gasteiger partial charge in [-0.15, -0.1) is 0 Å². The largest absolute Gasteiger partial charge is 0.354 e. The number of carbonyl (C=O) groups excluding carboxylic acids is 1. The van der Waals surface area contributed by atoms with E-state index in [-0.39, 0.29) is 11.9 Å². The van der Waals surface area contributed by atoms with E-state index >= 15 is 0 Å². The monoisotopic (exact) mass is 187 g/mol. The van der Waals surface area contributed by atoms with Crippen molar-refractivity contribution in [2.75, 3.05) is 20.6 Å². The Kier molecular flexibility index (Phi) is 5.66. The smallest absolute Gasteiger partial charge is 0.238 e. The number of hydrogen-bond donors (Lipinski definition) is 2. The van der Waals surface area contributed by atoms with Crippen LogP contribution in [-0.2, 0) is 4.79 Å². The van der Waals surface area contributed by atoms with Crippen LogP contribution in [0.25, 0.3) is 0 Å². The first-order valence-electron chi connectivity index (χ1n) is 4.64. The van der Waals surface area contributed by atoms with Gasteiger partial charge in [0, 0.05) is 20.6 Å². The van der Waals surface area contributed by atoms with E-state index in [0.717, 1.165) is 6.54 Å². The third-order valence-corrected chi connectivity index (χ3v) is 1.53. The lowest BCUT2D eigenvalue weighted by Crippen LogP contribution is -2.48. The van der Waals surface area contributed by atoms with Gasteiger partial charge in [0.25, 0.3) is 0 Å². The highest BCUT2D eigenvalue weighted by Gasteiger charge is 2.12. The summed E-state index contributed by atoms with van der Waals surface area (Å²) in [4.78, 5) is 11.4. The lowest BCUT2D eigenvalue weighted by atomic mass is 10.2. The van der Waals surface area contributed by atoms with Crippen LogP contribution in [0.15, 0.2) is 0 Å². The minimum Gasteiger partial charge on any atom is -0.354 e. The SMILES string of the molecule is CC(C)CNC(=O)C(C)NN(C)C. The van der Waals surface area contributed by atoms with Crippen molar-refractivity contribution in [1.29, 1.82) is 0 Å². The average molecular weight is 187 g/mol. The molecule has 0 spiro atoms. The van der Waals surface area contributed by atoms with Crippen molar-refractivity contribution < 1.29 is 4.79 Å². The third kappa shape index (κ3) is 6.54. The highest BCUT2D eigenvalue weighted by molar-refractivity contribution is 5.81. The third-order valence-electron chi connectivity index (χ3n) is 1.53. The van der Waals surface area contributed by atoms with Gasteiger partial charge in [-0.1, -0.05) is 13.8 Å². The summed E-state index contributed by atoms with van der Waals surface area (Å²) in [5, 5.41) is 4.64. The molecule has 0 aromatic carbocycles. The van der Waals surface area contributed by atoms with Crippen molar-refractivity contribution in [3.63, 3.8) is 0 Å². The van der Waals surface area contributed by atoms with E-state index in [4.69, 9.17) is 0 Å². The molecule has 1 atom stereocenters. The molecule has 0 aromatic rings. The zero-order valence-electron chi connectivity index (χ0n) is 9.22. The summed E-state index contributed by atoms with van der Waals surface area (Å²) in [6.07, 6.45) is 0. The maximum Gasteiger partial charge on any atom is 0.238 e. The maximum atomic E-state index is 11.4. The van der Waals surface area contributed by atoms with Gasteiger partial charge in [0.05, 0.1) is 6.04 Å². The van der Waals surface area contributed by atoms with Gasteiger partial charge in [-0.2, -0.15) is 0 Å². The van der Waals surface area contributed by atoms with E-state index in [1.807, 2.05) is 21.0 Å². The average Bonchev–Trinajstić information content (AvgIpc) is 1.98. The molecule has 0 aromatic heterocycles. The molecule has 4 nitrogen and oxygen atoms in total. The second-order valence-corrected chi connectivity index (χ2v) is 3.88. The fraction of sp³-hybridized carbons (Fsp3) is 0.889. The summed E-state index contributed by atoms with van der Waals surface area (Å²) in [5.41, 5.74) is 2.99. The fourth-order valence-corrected chi connectivity index (χ4v) is 0.904. The molecule has 0 saturated carbocycles. The molecule has 0 rings (SSSR count). The minimum atomic E-state index is -0.172. The van der Waals surface area contributed by atoms with Crippen LogP contribution in [0.4, 0.5) is 0 Å². The van der Waals surface area contributed by atoms with Crippen molar-refractivity contribution in [3.05, 3.63) is 0 Å². The van der Waals surface area contributed by atoms with E-state index in [2.05, 4.69) is 24.6 Å². The summed E-state index contributed by atoms with van der Waals surface area (Å²) in [6, 6.07) is -0.172. The molecule has 4 heteroatoms. The molecule has 0 bridgehead atoms. The lowest BCUT2D eigenvalue weighted by Gasteiger charge is -2.19. The normalized spacial score (nSPS) is 13.5. The number of rotatable bonds is 5. The molecule has 0 fully saturated rings. The van der Waals surface area contributed by atoms with E-state index in [1.54, 1.807) is 5.01 Å². The molecule has 1 unspecified atom stereocenters. The Bertz CT molecular complexity index is 157. The molecule has 0 aliphatic rings. The van der Waals surface area contributed by atoms with E-state index in [9.17, 15) is 4.79 Å². The number of nitrogens with zero attached hydrogens (tertiary/aromatic N) is 1. The molecule has 0 radical (unpaired) electrons. The molecule has 0 saturated heterocycles. The quantitative estimate of drug-likeness (QED) is 0.605. The Labute approximate surface area is 80.7 Å². The lowest BCUT2D eigenvalue weighted by molar-refractivity contribution is -0.124. The fourth-order valence-electron chi connectivity index (χ4n) is 0.904. The van der Waals surface area contributed by atoms with Crippen LogP contribution < -0.4 is 10.7 Å². The first kappa shape index (κ1) is 12.4. The van der Waals surface area contributed by atoms with Gasteiger partial charge in [-0.3, -0.25) is 4.79 Å². The summed E-state index contributed by atoms with van der Waals surface area (Å²) in [6.45, 7) is 6.72. The van der Waals surface area contributed by atoms with Crippen LogP contribution in [0.5, 0.6) is 0 Å². The first-order chi connectivity index (χ1) is 5.93. The predicted molar refractivity (Wildman–Crippen MR) is 54.1 cm³/mol. The molecule has 0 aliphatic carbocycles. The maximum absolute atomic E-state index is 11.4. The second-order valence-electron chi connectivity index (χ2n) is 3.88. The van der Waals surface area contributed by atoms with Crippen molar-refractivity contribution in [2.45, 2.75) is 26.8 Å². The molecule has 13 heavy (non-hydrogen) atoms. The number of amides is 1. The van der Waals surface area contributed by atoms with Crippen molar-refractivity contribution in [1.82, 2.24) is 15.8 Å². The second kappa shape index (κ2) is 5.94. The van der Waals surface area contributed by atoms with Crippen LogP contribution in [0.1, 0.15) is 20.8 Å². The molecule has 0 heterocycles. The molecular formula is C9H21N3O. The van der Waals surface area contributed by atoms with Crippen LogP contribution in [-0.4, -0.2) is 37.6 Å². The van der Waals surface area contributed by atoms with Crippen LogP contribution in [0.2, 0.25) is 0 Å². The standard InChI is InChI=1S/C9H21N3O/c1-7(2)6-10-9(13)8(3)11-12(4)5/h7-8,11H,6H2,1-5H3,(H,10,13). The summed E-state index contributed by atoms with van der Waals surface area (Å²) >= 11 is 0. The molecule has 0 aliphatic heterocycles. The van der Waals surface area contributed by atoms with Gasteiger partial charge in [-0.05, 0) is 12.8 Å². The zero-order valence-corrected chi connectivity index (χ0v) is 9.22. The zero-order chi connectivity index (χ0) is 10.4. The number of nitrogens with one attached hydrogen (secondary N) is 2. The Hall–Kier alpha value is -0.610. The molecule has 78 valence electrons. The Morgan fingerprint density at radius 2 is 1.85 bits per heavy atom. The van der Waals surface area contributed by atoms with Crippen molar-refractivity contribution in [2.24, 2.45) is 5.92 Å². The van der Waals surface area contributed by atoms with Gasteiger partial charge < -0.3 is 5.32 Å².